The van der Waals surface area contributed by atoms with Gasteiger partial charge >= 0.3 is 0 Å². The molecule has 1 N–H and O–H groups in total. The van der Waals surface area contributed by atoms with Gasteiger partial charge in [0, 0.05) is 5.75 Å². The highest BCUT2D eigenvalue weighted by molar-refractivity contribution is 8.03. The van der Waals surface area contributed by atoms with Gasteiger partial charge in [-0.2, -0.15) is 0 Å². The van der Waals surface area contributed by atoms with Gasteiger partial charge in [0.15, 0.2) is 8.68 Å². The summed E-state index contributed by atoms with van der Waals surface area (Å²) in [5.74, 6) is 3.71. The van der Waals surface area contributed by atoms with Crippen LogP contribution >= 0.6 is 34.9 Å². The van der Waals surface area contributed by atoms with Crippen LogP contribution in [0.15, 0.2) is 32.9 Å². The minimum absolute atomic E-state index is 0.0856. The summed E-state index contributed by atoms with van der Waals surface area (Å²) >= 11 is 4.58. The first-order chi connectivity index (χ1) is 12.0. The van der Waals surface area contributed by atoms with Gasteiger partial charge in [-0.25, -0.2) is 0 Å². The van der Waals surface area contributed by atoms with Gasteiger partial charge in [0.25, 0.3) is 0 Å². The standard InChI is InChI=1S/C18H21N3OS3/c1-5-10-19-16(22)13(4)24-18-21-20-17(25-18)23-11-14-6-8-15(9-7-14)12(2)3/h1,6-9,12-13H,10-11H2,2-4H3,(H,19,22). The van der Waals surface area contributed by atoms with E-state index in [1.54, 1.807) is 11.8 Å². The van der Waals surface area contributed by atoms with Crippen LogP contribution in [0.5, 0.6) is 0 Å². The fourth-order valence-corrected chi connectivity index (χ4v) is 5.08. The Morgan fingerprint density at radius 2 is 1.92 bits per heavy atom. The van der Waals surface area contributed by atoms with E-state index >= 15 is 0 Å². The molecule has 0 bridgehead atoms. The molecule has 0 fully saturated rings. The lowest BCUT2D eigenvalue weighted by molar-refractivity contribution is -0.120. The molecule has 0 aliphatic carbocycles. The summed E-state index contributed by atoms with van der Waals surface area (Å²) in [5, 5.41) is 10.8. The van der Waals surface area contributed by atoms with E-state index < -0.39 is 0 Å². The third-order valence-electron chi connectivity index (χ3n) is 3.41. The van der Waals surface area contributed by atoms with Crippen molar-refractivity contribution in [2.45, 2.75) is 46.4 Å². The van der Waals surface area contributed by atoms with Gasteiger partial charge in [-0.1, -0.05) is 78.9 Å². The number of carbonyl (C=O) groups excluding carboxylic acids is 1. The highest BCUT2D eigenvalue weighted by Crippen LogP contribution is 2.32. The van der Waals surface area contributed by atoms with Crippen LogP contribution in [0, 0.1) is 12.3 Å². The Morgan fingerprint density at radius 1 is 1.24 bits per heavy atom. The average Bonchev–Trinajstić information content (AvgIpc) is 3.05. The first-order valence-corrected chi connectivity index (χ1v) is 10.6. The highest BCUT2D eigenvalue weighted by Gasteiger charge is 2.16. The lowest BCUT2D eigenvalue weighted by atomic mass is 10.0. The Balaban J connectivity index is 1.84. The van der Waals surface area contributed by atoms with Gasteiger partial charge in [-0.3, -0.25) is 4.79 Å². The van der Waals surface area contributed by atoms with E-state index in [2.05, 4.69) is 59.5 Å². The van der Waals surface area contributed by atoms with Crippen molar-refractivity contribution in [3.05, 3.63) is 35.4 Å². The largest absolute Gasteiger partial charge is 0.344 e. The maximum atomic E-state index is 11.8. The van der Waals surface area contributed by atoms with Crippen LogP contribution in [0.25, 0.3) is 0 Å². The molecule has 1 unspecified atom stereocenters. The number of rotatable bonds is 8. The van der Waals surface area contributed by atoms with E-state index in [4.69, 9.17) is 6.42 Å². The van der Waals surface area contributed by atoms with Crippen molar-refractivity contribution in [2.24, 2.45) is 0 Å². The van der Waals surface area contributed by atoms with Crippen LogP contribution < -0.4 is 5.32 Å². The lowest BCUT2D eigenvalue weighted by Crippen LogP contribution is -2.30. The summed E-state index contributed by atoms with van der Waals surface area (Å²) in [6, 6.07) is 8.69. The van der Waals surface area contributed by atoms with Gasteiger partial charge in [0.05, 0.1) is 11.8 Å². The molecule has 1 heterocycles. The Bertz CT molecular complexity index is 735. The topological polar surface area (TPSA) is 54.9 Å². The van der Waals surface area contributed by atoms with Crippen molar-refractivity contribution in [1.82, 2.24) is 15.5 Å². The number of benzene rings is 1. The van der Waals surface area contributed by atoms with Crippen LogP contribution in [-0.2, 0) is 10.5 Å². The summed E-state index contributed by atoms with van der Waals surface area (Å²) in [4.78, 5) is 11.8. The molecule has 2 rings (SSSR count). The van der Waals surface area contributed by atoms with Crippen LogP contribution in [0.3, 0.4) is 0 Å². The first kappa shape index (κ1) is 19.8. The molecule has 25 heavy (non-hydrogen) atoms. The number of nitrogens with one attached hydrogen (secondary N) is 1. The number of aromatic nitrogens is 2. The molecule has 0 radical (unpaired) electrons. The molecule has 1 aromatic heterocycles. The second-order valence-electron chi connectivity index (χ2n) is 5.70. The van der Waals surface area contributed by atoms with Crippen molar-refractivity contribution in [1.29, 1.82) is 0 Å². The predicted molar refractivity (Wildman–Crippen MR) is 107 cm³/mol. The summed E-state index contributed by atoms with van der Waals surface area (Å²) in [7, 11) is 0. The summed E-state index contributed by atoms with van der Waals surface area (Å²) in [6.07, 6.45) is 5.14. The Kier molecular flexibility index (Phi) is 7.82. The van der Waals surface area contributed by atoms with E-state index in [0.717, 1.165) is 14.4 Å². The third kappa shape index (κ3) is 6.38. The normalized spacial score (nSPS) is 12.0. The second kappa shape index (κ2) is 9.85. The highest BCUT2D eigenvalue weighted by atomic mass is 32.2. The molecule has 0 spiro atoms. The van der Waals surface area contributed by atoms with Crippen molar-refractivity contribution < 1.29 is 4.79 Å². The number of amides is 1. The molecule has 1 aromatic carbocycles. The number of thioether (sulfide) groups is 2. The summed E-state index contributed by atoms with van der Waals surface area (Å²) in [5.41, 5.74) is 2.61. The average molecular weight is 392 g/mol. The van der Waals surface area contributed by atoms with Gasteiger partial charge in [0.1, 0.15) is 0 Å². The molecule has 2 aromatic rings. The first-order valence-electron chi connectivity index (χ1n) is 7.92. The minimum atomic E-state index is -0.247. The van der Waals surface area contributed by atoms with Gasteiger partial charge in [-0.15, -0.1) is 16.6 Å². The third-order valence-corrected chi connectivity index (χ3v) is 6.72. The van der Waals surface area contributed by atoms with E-state index in [9.17, 15) is 4.79 Å². The predicted octanol–water partition coefficient (Wildman–Crippen LogP) is 4.18. The van der Waals surface area contributed by atoms with Crippen LogP contribution in [0.2, 0.25) is 0 Å². The van der Waals surface area contributed by atoms with Crippen molar-refractivity contribution >= 4 is 40.8 Å². The number of terminal acetylenes is 1. The Hall–Kier alpha value is -1.49. The summed E-state index contributed by atoms with van der Waals surface area (Å²) < 4.78 is 1.70. The van der Waals surface area contributed by atoms with Crippen molar-refractivity contribution in [3.8, 4) is 12.3 Å². The van der Waals surface area contributed by atoms with Crippen LogP contribution in [0.1, 0.15) is 37.8 Å². The smallest absolute Gasteiger partial charge is 0.234 e. The minimum Gasteiger partial charge on any atom is -0.344 e. The number of nitrogens with zero attached hydrogens (tertiary/aromatic N) is 2. The number of hydrogen-bond donors (Lipinski definition) is 1. The van der Waals surface area contributed by atoms with Crippen molar-refractivity contribution in [2.75, 3.05) is 6.54 Å². The molecule has 1 atom stereocenters. The van der Waals surface area contributed by atoms with Gasteiger partial charge in [0.2, 0.25) is 5.91 Å². The fraction of sp³-hybridized carbons (Fsp3) is 0.389. The SMILES string of the molecule is C#CCNC(=O)C(C)Sc1nnc(SCc2ccc(C(C)C)cc2)s1. The zero-order valence-electron chi connectivity index (χ0n) is 14.5. The van der Waals surface area contributed by atoms with Gasteiger partial charge < -0.3 is 5.32 Å². The molecular weight excluding hydrogens is 370 g/mol. The summed E-state index contributed by atoms with van der Waals surface area (Å²) in [6.45, 7) is 6.47. The molecule has 4 nitrogen and oxygen atoms in total. The quantitative estimate of drug-likeness (QED) is 0.540. The zero-order valence-corrected chi connectivity index (χ0v) is 16.9. The monoisotopic (exact) mass is 391 g/mol. The lowest BCUT2D eigenvalue weighted by Gasteiger charge is -2.07. The molecule has 0 aliphatic rings. The molecule has 0 saturated heterocycles. The zero-order chi connectivity index (χ0) is 18.2. The Labute approximate surface area is 161 Å². The Morgan fingerprint density at radius 3 is 2.56 bits per heavy atom. The molecule has 7 heteroatoms. The van der Waals surface area contributed by atoms with Crippen LogP contribution in [-0.4, -0.2) is 27.9 Å². The van der Waals surface area contributed by atoms with Crippen molar-refractivity contribution in [3.63, 3.8) is 0 Å². The van der Waals surface area contributed by atoms with Gasteiger partial charge in [-0.05, 0) is 24.0 Å². The number of carbonyl (C=O) groups is 1. The molecule has 0 saturated carbocycles. The van der Waals surface area contributed by atoms with E-state index in [0.29, 0.717) is 5.92 Å². The van der Waals surface area contributed by atoms with E-state index in [-0.39, 0.29) is 17.7 Å². The molecular formula is C18H21N3OS3. The maximum absolute atomic E-state index is 11.8. The van der Waals surface area contributed by atoms with Crippen LogP contribution in [0.4, 0.5) is 0 Å². The molecule has 0 aliphatic heterocycles. The molecule has 132 valence electrons. The molecule has 1 amide bonds. The van der Waals surface area contributed by atoms with E-state index in [1.165, 1.54) is 34.2 Å². The second-order valence-corrected chi connectivity index (χ2v) is 9.49. The maximum Gasteiger partial charge on any atom is 0.234 e. The van der Waals surface area contributed by atoms with E-state index in [1.807, 2.05) is 6.92 Å². The fourth-order valence-electron chi connectivity index (χ4n) is 1.93. The number of hydrogen-bond acceptors (Lipinski definition) is 6.